The Morgan fingerprint density at radius 2 is 1.59 bits per heavy atom. The van der Waals surface area contributed by atoms with Crippen LogP contribution in [-0.4, -0.2) is 60.1 Å². The van der Waals surface area contributed by atoms with E-state index in [9.17, 15) is 0 Å². The summed E-state index contributed by atoms with van der Waals surface area (Å²) in [6.45, 7) is 13.0. The molecular formula is C12H26N4O. The minimum Gasteiger partial charge on any atom is -0.409 e. The number of amidine groups is 1. The maximum atomic E-state index is 8.61. The minimum atomic E-state index is 0.122. The predicted octanol–water partition coefficient (Wildman–Crippen LogP) is 0.643. The van der Waals surface area contributed by atoms with Gasteiger partial charge < -0.3 is 20.7 Å². The molecule has 17 heavy (non-hydrogen) atoms. The molecule has 1 fully saturated rings. The first kappa shape index (κ1) is 14.3. The molecule has 0 aromatic rings. The van der Waals surface area contributed by atoms with Gasteiger partial charge in [0.1, 0.15) is 5.84 Å². The lowest BCUT2D eigenvalue weighted by Crippen LogP contribution is -2.49. The maximum Gasteiger partial charge on any atom is 0.143 e. The Morgan fingerprint density at radius 1 is 1.12 bits per heavy atom. The Balaban J connectivity index is 2.27. The Kier molecular flexibility index (Phi) is 5.71. The Hall–Kier alpha value is -0.810. The van der Waals surface area contributed by atoms with Gasteiger partial charge in [-0.2, -0.15) is 0 Å². The van der Waals surface area contributed by atoms with E-state index in [0.29, 0.717) is 5.84 Å². The number of hydrogen-bond acceptors (Lipinski definition) is 4. The summed E-state index contributed by atoms with van der Waals surface area (Å²) in [6, 6.07) is 0. The lowest BCUT2D eigenvalue weighted by atomic mass is 10.1. The molecule has 0 aromatic carbocycles. The van der Waals surface area contributed by atoms with Crippen molar-refractivity contribution in [2.45, 2.75) is 20.8 Å². The molecule has 1 unspecified atom stereocenters. The van der Waals surface area contributed by atoms with E-state index in [0.717, 1.165) is 38.6 Å². The first-order chi connectivity index (χ1) is 8.02. The summed E-state index contributed by atoms with van der Waals surface area (Å²) in [5, 5.41) is 11.7. The maximum absolute atomic E-state index is 8.61. The average molecular weight is 242 g/mol. The summed E-state index contributed by atoms with van der Waals surface area (Å²) < 4.78 is 0. The number of nitrogens with two attached hydrogens (primary N) is 1. The third kappa shape index (κ3) is 4.91. The Bertz CT molecular complexity index is 247. The van der Waals surface area contributed by atoms with E-state index in [1.807, 2.05) is 6.92 Å². The monoisotopic (exact) mass is 242 g/mol. The van der Waals surface area contributed by atoms with Crippen molar-refractivity contribution >= 4 is 5.84 Å². The zero-order valence-electron chi connectivity index (χ0n) is 11.3. The van der Waals surface area contributed by atoms with Crippen LogP contribution in [0, 0.1) is 11.8 Å². The highest BCUT2D eigenvalue weighted by molar-refractivity contribution is 5.82. The van der Waals surface area contributed by atoms with E-state index in [2.05, 4.69) is 28.8 Å². The molecule has 0 bridgehead atoms. The van der Waals surface area contributed by atoms with E-state index in [1.54, 1.807) is 0 Å². The van der Waals surface area contributed by atoms with Gasteiger partial charge in [-0.05, 0) is 5.92 Å². The van der Waals surface area contributed by atoms with Gasteiger partial charge in [0.05, 0.1) is 0 Å². The van der Waals surface area contributed by atoms with E-state index in [1.165, 1.54) is 6.54 Å². The van der Waals surface area contributed by atoms with Gasteiger partial charge in [0.25, 0.3) is 0 Å². The molecule has 1 heterocycles. The zero-order valence-corrected chi connectivity index (χ0v) is 11.3. The van der Waals surface area contributed by atoms with Crippen LogP contribution in [0.4, 0.5) is 0 Å². The van der Waals surface area contributed by atoms with Gasteiger partial charge in [-0.1, -0.05) is 25.9 Å². The molecule has 0 saturated carbocycles. The van der Waals surface area contributed by atoms with E-state index in [-0.39, 0.29) is 5.92 Å². The van der Waals surface area contributed by atoms with Gasteiger partial charge in [0.15, 0.2) is 0 Å². The second-order valence-electron chi connectivity index (χ2n) is 5.42. The number of piperazine rings is 1. The van der Waals surface area contributed by atoms with E-state index in [4.69, 9.17) is 10.9 Å². The first-order valence-corrected chi connectivity index (χ1v) is 6.45. The summed E-state index contributed by atoms with van der Waals surface area (Å²) in [6.07, 6.45) is 0. The van der Waals surface area contributed by atoms with Crippen molar-refractivity contribution < 1.29 is 5.21 Å². The molecule has 0 aliphatic carbocycles. The number of nitrogens with zero attached hydrogens (tertiary/aromatic N) is 3. The van der Waals surface area contributed by atoms with Crippen molar-refractivity contribution in [2.75, 3.05) is 39.3 Å². The molecular weight excluding hydrogens is 216 g/mol. The van der Waals surface area contributed by atoms with Crippen molar-refractivity contribution in [3.63, 3.8) is 0 Å². The standard InChI is InChI=1S/C12H26N4O/c1-10(2)8-15-4-6-16(7-5-15)9-11(3)12(13)14-17/h10-11,17H,4-9H2,1-3H3,(H2,13,14). The van der Waals surface area contributed by atoms with Gasteiger partial charge in [-0.15, -0.1) is 0 Å². The summed E-state index contributed by atoms with van der Waals surface area (Å²) >= 11 is 0. The van der Waals surface area contributed by atoms with Crippen molar-refractivity contribution in [3.8, 4) is 0 Å². The summed E-state index contributed by atoms with van der Waals surface area (Å²) in [5.41, 5.74) is 5.59. The summed E-state index contributed by atoms with van der Waals surface area (Å²) in [4.78, 5) is 4.90. The fraction of sp³-hybridized carbons (Fsp3) is 0.917. The van der Waals surface area contributed by atoms with Gasteiger partial charge in [0.2, 0.25) is 0 Å². The van der Waals surface area contributed by atoms with Crippen LogP contribution in [-0.2, 0) is 0 Å². The number of hydrogen-bond donors (Lipinski definition) is 2. The van der Waals surface area contributed by atoms with Crippen LogP contribution in [0.1, 0.15) is 20.8 Å². The second kappa shape index (κ2) is 6.81. The van der Waals surface area contributed by atoms with Crippen LogP contribution in [0.25, 0.3) is 0 Å². The lowest BCUT2D eigenvalue weighted by Gasteiger charge is -2.36. The summed E-state index contributed by atoms with van der Waals surface area (Å²) in [7, 11) is 0. The Labute approximate surface area is 104 Å². The predicted molar refractivity (Wildman–Crippen MR) is 70.3 cm³/mol. The molecule has 3 N–H and O–H groups in total. The highest BCUT2D eigenvalue weighted by Gasteiger charge is 2.20. The average Bonchev–Trinajstić information content (AvgIpc) is 2.30. The highest BCUT2D eigenvalue weighted by atomic mass is 16.4. The zero-order chi connectivity index (χ0) is 12.8. The quantitative estimate of drug-likeness (QED) is 0.321. The van der Waals surface area contributed by atoms with Crippen LogP contribution < -0.4 is 5.73 Å². The van der Waals surface area contributed by atoms with Gasteiger partial charge >= 0.3 is 0 Å². The fourth-order valence-electron chi connectivity index (χ4n) is 2.25. The molecule has 1 aliphatic heterocycles. The van der Waals surface area contributed by atoms with Crippen molar-refractivity contribution in [3.05, 3.63) is 0 Å². The number of rotatable bonds is 5. The topological polar surface area (TPSA) is 65.1 Å². The van der Waals surface area contributed by atoms with E-state index >= 15 is 0 Å². The molecule has 1 rings (SSSR count). The second-order valence-corrected chi connectivity index (χ2v) is 5.42. The SMILES string of the molecule is CC(C)CN1CCN(CC(C)C(N)=NO)CC1. The largest absolute Gasteiger partial charge is 0.409 e. The molecule has 1 aliphatic rings. The van der Waals surface area contributed by atoms with Crippen molar-refractivity contribution in [2.24, 2.45) is 22.7 Å². The van der Waals surface area contributed by atoms with Crippen LogP contribution >= 0.6 is 0 Å². The molecule has 0 radical (unpaired) electrons. The Morgan fingerprint density at radius 3 is 2.00 bits per heavy atom. The van der Waals surface area contributed by atoms with Crippen molar-refractivity contribution in [1.29, 1.82) is 0 Å². The third-order valence-corrected chi connectivity index (χ3v) is 3.24. The highest BCUT2D eigenvalue weighted by Crippen LogP contribution is 2.07. The third-order valence-electron chi connectivity index (χ3n) is 3.24. The molecule has 5 heteroatoms. The molecule has 5 nitrogen and oxygen atoms in total. The van der Waals surface area contributed by atoms with Gasteiger partial charge in [-0.3, -0.25) is 0 Å². The molecule has 0 spiro atoms. The van der Waals surface area contributed by atoms with Crippen LogP contribution in [0.15, 0.2) is 5.16 Å². The fourth-order valence-corrected chi connectivity index (χ4v) is 2.25. The molecule has 100 valence electrons. The smallest absolute Gasteiger partial charge is 0.143 e. The molecule has 0 aromatic heterocycles. The minimum absolute atomic E-state index is 0.122. The normalized spacial score (nSPS) is 22.0. The molecule has 1 atom stereocenters. The van der Waals surface area contributed by atoms with Crippen molar-refractivity contribution in [1.82, 2.24) is 9.80 Å². The molecule has 0 amide bonds. The van der Waals surface area contributed by atoms with E-state index < -0.39 is 0 Å². The van der Waals surface area contributed by atoms with Crippen LogP contribution in [0.3, 0.4) is 0 Å². The first-order valence-electron chi connectivity index (χ1n) is 6.45. The lowest BCUT2D eigenvalue weighted by molar-refractivity contribution is 0.117. The summed E-state index contributed by atoms with van der Waals surface area (Å²) in [5.74, 6) is 1.18. The van der Waals surface area contributed by atoms with Gasteiger partial charge in [-0.25, -0.2) is 0 Å². The van der Waals surface area contributed by atoms with Gasteiger partial charge in [0, 0.05) is 45.2 Å². The van der Waals surface area contributed by atoms with Crippen LogP contribution in [0.2, 0.25) is 0 Å². The number of oxime groups is 1. The van der Waals surface area contributed by atoms with Crippen LogP contribution in [0.5, 0.6) is 0 Å². The molecule has 1 saturated heterocycles.